The van der Waals surface area contributed by atoms with E-state index in [1.807, 2.05) is 6.92 Å². The van der Waals surface area contributed by atoms with E-state index in [0.29, 0.717) is 30.2 Å². The highest BCUT2D eigenvalue weighted by molar-refractivity contribution is 6.33. The van der Waals surface area contributed by atoms with Crippen LogP contribution in [0.4, 0.5) is 5.82 Å². The van der Waals surface area contributed by atoms with Crippen LogP contribution in [0.5, 0.6) is 0 Å². The summed E-state index contributed by atoms with van der Waals surface area (Å²) >= 11 is 6.00. The summed E-state index contributed by atoms with van der Waals surface area (Å²) in [6, 6.07) is 2.96. The third-order valence-corrected chi connectivity index (χ3v) is 3.89. The van der Waals surface area contributed by atoms with Gasteiger partial charge in [0.1, 0.15) is 6.04 Å². The molecule has 1 aliphatic rings. The average Bonchev–Trinajstić information content (AvgIpc) is 2.50. The quantitative estimate of drug-likeness (QED) is 0.930. The molecule has 2 rings (SSSR count). The monoisotopic (exact) mass is 309 g/mol. The Kier molecular flexibility index (Phi) is 5.56. The van der Waals surface area contributed by atoms with Crippen LogP contribution in [0.2, 0.25) is 5.02 Å². The van der Waals surface area contributed by atoms with Crippen molar-refractivity contribution in [3.63, 3.8) is 0 Å². The number of carbonyl (C=O) groups is 2. The summed E-state index contributed by atoms with van der Waals surface area (Å²) in [4.78, 5) is 30.3. The number of aromatic nitrogens is 1. The van der Waals surface area contributed by atoms with Crippen LogP contribution in [0.25, 0.3) is 0 Å². The molecule has 1 atom stereocenters. The Morgan fingerprint density at radius 2 is 2.29 bits per heavy atom. The van der Waals surface area contributed by atoms with E-state index in [4.69, 9.17) is 11.6 Å². The standard InChI is InChI=1S/C15H20ClN3O2/c1-2-6-13(20)19-10-4-3-8-12(19)15(21)18-14-11(16)7-5-9-17-14/h5,7,9,12H,2-4,6,8,10H2,1H3,(H,17,18,21). The van der Waals surface area contributed by atoms with Crippen LogP contribution in [0, 0.1) is 0 Å². The fourth-order valence-corrected chi connectivity index (χ4v) is 2.71. The van der Waals surface area contributed by atoms with Gasteiger partial charge in [0, 0.05) is 19.2 Å². The summed E-state index contributed by atoms with van der Waals surface area (Å²) in [5, 5.41) is 3.13. The maximum absolute atomic E-state index is 12.4. The van der Waals surface area contributed by atoms with E-state index in [1.54, 1.807) is 23.2 Å². The first-order chi connectivity index (χ1) is 10.1. The molecule has 1 aromatic heterocycles. The zero-order valence-electron chi connectivity index (χ0n) is 12.1. The Balaban J connectivity index is 2.08. The number of pyridine rings is 1. The van der Waals surface area contributed by atoms with Crippen LogP contribution in [-0.2, 0) is 9.59 Å². The molecule has 1 aromatic rings. The first-order valence-electron chi connectivity index (χ1n) is 7.34. The van der Waals surface area contributed by atoms with Crippen LogP contribution >= 0.6 is 11.6 Å². The second-order valence-corrected chi connectivity index (χ2v) is 5.58. The van der Waals surface area contributed by atoms with Crippen molar-refractivity contribution in [2.75, 3.05) is 11.9 Å². The maximum Gasteiger partial charge on any atom is 0.248 e. The molecule has 2 amide bonds. The fourth-order valence-electron chi connectivity index (χ4n) is 2.54. The van der Waals surface area contributed by atoms with Crippen molar-refractivity contribution in [1.82, 2.24) is 9.88 Å². The molecule has 2 heterocycles. The number of hydrogen-bond acceptors (Lipinski definition) is 3. The van der Waals surface area contributed by atoms with Gasteiger partial charge in [-0.25, -0.2) is 4.98 Å². The molecule has 1 aliphatic heterocycles. The van der Waals surface area contributed by atoms with E-state index in [2.05, 4.69) is 10.3 Å². The Morgan fingerprint density at radius 1 is 1.48 bits per heavy atom. The van der Waals surface area contributed by atoms with Gasteiger partial charge < -0.3 is 10.2 Å². The van der Waals surface area contributed by atoms with Crippen LogP contribution in [0.15, 0.2) is 18.3 Å². The number of nitrogens with zero attached hydrogens (tertiary/aromatic N) is 2. The summed E-state index contributed by atoms with van der Waals surface area (Å²) in [5.41, 5.74) is 0. The van der Waals surface area contributed by atoms with E-state index in [1.165, 1.54) is 0 Å². The molecule has 1 fully saturated rings. The van der Waals surface area contributed by atoms with Crippen molar-refractivity contribution in [1.29, 1.82) is 0 Å². The Labute approximate surface area is 129 Å². The van der Waals surface area contributed by atoms with Crippen LogP contribution in [0.3, 0.4) is 0 Å². The molecule has 0 radical (unpaired) electrons. The molecule has 0 aromatic carbocycles. The van der Waals surface area contributed by atoms with E-state index in [0.717, 1.165) is 19.3 Å². The zero-order valence-corrected chi connectivity index (χ0v) is 12.9. The lowest BCUT2D eigenvalue weighted by Gasteiger charge is -2.34. The lowest BCUT2D eigenvalue weighted by molar-refractivity contribution is -0.140. The SMILES string of the molecule is CCCC(=O)N1CCCCC1C(=O)Nc1ncccc1Cl. The van der Waals surface area contributed by atoms with Crippen molar-refractivity contribution in [2.45, 2.75) is 45.1 Å². The second-order valence-electron chi connectivity index (χ2n) is 5.17. The van der Waals surface area contributed by atoms with Gasteiger partial charge in [-0.3, -0.25) is 9.59 Å². The normalized spacial score (nSPS) is 18.4. The number of amides is 2. The van der Waals surface area contributed by atoms with E-state index in [-0.39, 0.29) is 11.8 Å². The molecule has 5 nitrogen and oxygen atoms in total. The second kappa shape index (κ2) is 7.41. The van der Waals surface area contributed by atoms with Gasteiger partial charge in [-0.1, -0.05) is 18.5 Å². The minimum Gasteiger partial charge on any atom is -0.331 e. The molecule has 0 spiro atoms. The largest absolute Gasteiger partial charge is 0.331 e. The van der Waals surface area contributed by atoms with Crippen molar-refractivity contribution < 1.29 is 9.59 Å². The first-order valence-corrected chi connectivity index (χ1v) is 7.72. The molecule has 1 saturated heterocycles. The molecule has 0 aliphatic carbocycles. The number of carbonyl (C=O) groups excluding carboxylic acids is 2. The number of anilines is 1. The van der Waals surface area contributed by atoms with Gasteiger partial charge >= 0.3 is 0 Å². The van der Waals surface area contributed by atoms with Gasteiger partial charge in [-0.15, -0.1) is 0 Å². The zero-order chi connectivity index (χ0) is 15.2. The summed E-state index contributed by atoms with van der Waals surface area (Å²) < 4.78 is 0. The van der Waals surface area contributed by atoms with Crippen molar-refractivity contribution >= 4 is 29.2 Å². The number of likely N-dealkylation sites (tertiary alicyclic amines) is 1. The molecule has 1 unspecified atom stereocenters. The number of piperidine rings is 1. The third kappa shape index (κ3) is 3.94. The van der Waals surface area contributed by atoms with Crippen molar-refractivity contribution in [3.05, 3.63) is 23.4 Å². The summed E-state index contributed by atoms with van der Waals surface area (Å²) in [7, 11) is 0. The van der Waals surface area contributed by atoms with Crippen LogP contribution in [-0.4, -0.2) is 34.3 Å². The predicted octanol–water partition coefficient (Wildman–Crippen LogP) is 2.85. The maximum atomic E-state index is 12.4. The van der Waals surface area contributed by atoms with Gasteiger partial charge in [0.25, 0.3) is 0 Å². The van der Waals surface area contributed by atoms with Crippen molar-refractivity contribution in [2.24, 2.45) is 0 Å². The van der Waals surface area contributed by atoms with Crippen LogP contribution in [0.1, 0.15) is 39.0 Å². The lowest BCUT2D eigenvalue weighted by Crippen LogP contribution is -2.50. The van der Waals surface area contributed by atoms with Gasteiger partial charge in [0.15, 0.2) is 5.82 Å². The molecule has 114 valence electrons. The summed E-state index contributed by atoms with van der Waals surface area (Å²) in [6.07, 6.45) is 5.42. The highest BCUT2D eigenvalue weighted by Crippen LogP contribution is 2.22. The molecule has 0 saturated carbocycles. The Morgan fingerprint density at radius 3 is 3.00 bits per heavy atom. The molecular formula is C15H20ClN3O2. The van der Waals surface area contributed by atoms with Crippen LogP contribution < -0.4 is 5.32 Å². The first kappa shape index (κ1) is 15.8. The predicted molar refractivity (Wildman–Crippen MR) is 82.1 cm³/mol. The molecule has 0 bridgehead atoms. The Hall–Kier alpha value is -1.62. The van der Waals surface area contributed by atoms with Gasteiger partial charge in [0.2, 0.25) is 11.8 Å². The number of halogens is 1. The van der Waals surface area contributed by atoms with Gasteiger partial charge in [-0.05, 0) is 37.8 Å². The molecule has 6 heteroatoms. The highest BCUT2D eigenvalue weighted by Gasteiger charge is 2.31. The lowest BCUT2D eigenvalue weighted by atomic mass is 10.0. The van der Waals surface area contributed by atoms with E-state index in [9.17, 15) is 9.59 Å². The number of nitrogens with one attached hydrogen (secondary N) is 1. The average molecular weight is 310 g/mol. The van der Waals surface area contributed by atoms with Crippen molar-refractivity contribution in [3.8, 4) is 0 Å². The summed E-state index contributed by atoms with van der Waals surface area (Å²) in [5.74, 6) is 0.182. The Bertz CT molecular complexity index is 521. The number of rotatable bonds is 4. The fraction of sp³-hybridized carbons (Fsp3) is 0.533. The smallest absolute Gasteiger partial charge is 0.248 e. The van der Waals surface area contributed by atoms with E-state index < -0.39 is 6.04 Å². The third-order valence-electron chi connectivity index (χ3n) is 3.59. The summed E-state index contributed by atoms with van der Waals surface area (Å²) in [6.45, 7) is 2.61. The molecular weight excluding hydrogens is 290 g/mol. The minimum absolute atomic E-state index is 0.0458. The number of hydrogen-bond donors (Lipinski definition) is 1. The minimum atomic E-state index is -0.420. The highest BCUT2D eigenvalue weighted by atomic mass is 35.5. The topological polar surface area (TPSA) is 62.3 Å². The molecule has 21 heavy (non-hydrogen) atoms. The van der Waals surface area contributed by atoms with Gasteiger partial charge in [-0.2, -0.15) is 0 Å². The van der Waals surface area contributed by atoms with Gasteiger partial charge in [0.05, 0.1) is 5.02 Å². The molecule has 1 N–H and O–H groups in total. The van der Waals surface area contributed by atoms with E-state index >= 15 is 0 Å².